The number of methoxy groups -OCH3 is 1. The van der Waals surface area contributed by atoms with Gasteiger partial charge in [-0.05, 0) is 12.8 Å². The quantitative estimate of drug-likeness (QED) is 0.230. The van der Waals surface area contributed by atoms with Gasteiger partial charge in [-0.15, -0.1) is 0 Å². The predicted octanol–water partition coefficient (Wildman–Crippen LogP) is 1.39. The molecule has 2 unspecified atom stereocenters. The third-order valence-electron chi connectivity index (χ3n) is 2.49. The van der Waals surface area contributed by atoms with Gasteiger partial charge < -0.3 is 9.47 Å². The van der Waals surface area contributed by atoms with E-state index in [0.29, 0.717) is 19.1 Å². The highest BCUT2D eigenvalue weighted by Crippen LogP contribution is 2.30. The van der Waals surface area contributed by atoms with E-state index in [0.717, 1.165) is 0 Å². The van der Waals surface area contributed by atoms with Gasteiger partial charge in [-0.25, -0.2) is 10.1 Å². The molecule has 0 fully saturated rings. The van der Waals surface area contributed by atoms with Gasteiger partial charge in [0.1, 0.15) is 0 Å². The molecule has 6 nitrogen and oxygen atoms in total. The van der Waals surface area contributed by atoms with Crippen LogP contribution in [0.15, 0.2) is 0 Å². The first-order chi connectivity index (χ1) is 7.87. The summed E-state index contributed by atoms with van der Waals surface area (Å²) in [6, 6.07) is 0. The van der Waals surface area contributed by atoms with Crippen LogP contribution < -0.4 is 0 Å². The smallest absolute Gasteiger partial charge is 0.303 e. The SMILES string of the molecule is COC(OO)C(C)(C)CCC(C=O)OC(C)=O. The number of rotatable bonds is 8. The van der Waals surface area contributed by atoms with Crippen molar-refractivity contribution in [3.8, 4) is 0 Å². The van der Waals surface area contributed by atoms with Crippen LogP contribution in [0.1, 0.15) is 33.6 Å². The fourth-order valence-corrected chi connectivity index (χ4v) is 1.50. The molecule has 1 N–H and O–H groups in total. The molecule has 0 aliphatic rings. The van der Waals surface area contributed by atoms with Crippen LogP contribution in [0.3, 0.4) is 0 Å². The van der Waals surface area contributed by atoms with Gasteiger partial charge in [0.05, 0.1) is 0 Å². The summed E-state index contributed by atoms with van der Waals surface area (Å²) in [7, 11) is 1.41. The van der Waals surface area contributed by atoms with Crippen LogP contribution in [0.4, 0.5) is 0 Å². The highest BCUT2D eigenvalue weighted by Gasteiger charge is 2.32. The van der Waals surface area contributed by atoms with Crippen molar-refractivity contribution in [2.24, 2.45) is 5.41 Å². The second-order valence-electron chi connectivity index (χ2n) is 4.48. The maximum Gasteiger partial charge on any atom is 0.303 e. The Bertz CT molecular complexity index is 246. The van der Waals surface area contributed by atoms with Crippen LogP contribution in [0, 0.1) is 5.41 Å². The molecule has 0 heterocycles. The monoisotopic (exact) mass is 248 g/mol. The zero-order chi connectivity index (χ0) is 13.5. The molecule has 0 aromatic heterocycles. The van der Waals surface area contributed by atoms with Gasteiger partial charge in [-0.3, -0.25) is 9.59 Å². The normalized spacial score (nSPS) is 15.1. The fourth-order valence-electron chi connectivity index (χ4n) is 1.50. The topological polar surface area (TPSA) is 82.1 Å². The lowest BCUT2D eigenvalue weighted by Gasteiger charge is -2.31. The average Bonchev–Trinajstić information content (AvgIpc) is 2.25. The van der Waals surface area contributed by atoms with E-state index in [1.54, 1.807) is 0 Å². The van der Waals surface area contributed by atoms with Gasteiger partial charge in [0, 0.05) is 19.4 Å². The first-order valence-electron chi connectivity index (χ1n) is 5.33. The molecule has 100 valence electrons. The molecule has 6 heteroatoms. The third-order valence-corrected chi connectivity index (χ3v) is 2.49. The predicted molar refractivity (Wildman–Crippen MR) is 59.1 cm³/mol. The van der Waals surface area contributed by atoms with Crippen LogP contribution in [0.5, 0.6) is 0 Å². The van der Waals surface area contributed by atoms with Gasteiger partial charge in [0.15, 0.2) is 18.7 Å². The maximum absolute atomic E-state index is 10.7. The molecule has 0 aliphatic heterocycles. The number of hydrogen-bond acceptors (Lipinski definition) is 6. The van der Waals surface area contributed by atoms with E-state index in [1.807, 2.05) is 13.8 Å². The standard InChI is InChI=1S/C11H20O6/c1-8(13)16-9(7-12)5-6-11(2,3)10(15-4)17-14/h7,9-10,14H,5-6H2,1-4H3. The summed E-state index contributed by atoms with van der Waals surface area (Å²) in [5.41, 5.74) is -0.509. The molecule has 0 aromatic rings. The molecule has 0 aromatic carbocycles. The Labute approximate surface area is 101 Å². The Kier molecular flexibility index (Phi) is 6.94. The number of hydrogen-bond donors (Lipinski definition) is 1. The van der Waals surface area contributed by atoms with E-state index >= 15 is 0 Å². The maximum atomic E-state index is 10.7. The van der Waals surface area contributed by atoms with E-state index in [9.17, 15) is 9.59 Å². The summed E-state index contributed by atoms with van der Waals surface area (Å²) >= 11 is 0. The first kappa shape index (κ1) is 16.0. The van der Waals surface area contributed by atoms with Crippen LogP contribution >= 0.6 is 0 Å². The molecule has 0 amide bonds. The largest absolute Gasteiger partial charge is 0.455 e. The van der Waals surface area contributed by atoms with Crippen LogP contribution in [-0.2, 0) is 24.0 Å². The molecule has 17 heavy (non-hydrogen) atoms. The van der Waals surface area contributed by atoms with Crippen molar-refractivity contribution in [1.82, 2.24) is 0 Å². The summed E-state index contributed by atoms with van der Waals surface area (Å²) in [5.74, 6) is -0.499. The lowest BCUT2D eigenvalue weighted by molar-refractivity contribution is -0.368. The molecule has 2 atom stereocenters. The second kappa shape index (κ2) is 7.37. The first-order valence-corrected chi connectivity index (χ1v) is 5.33. The Morgan fingerprint density at radius 3 is 2.41 bits per heavy atom. The molecule has 0 saturated carbocycles. The lowest BCUT2D eigenvalue weighted by Crippen LogP contribution is -2.34. The highest BCUT2D eigenvalue weighted by atomic mass is 17.1. The van der Waals surface area contributed by atoms with E-state index in [2.05, 4.69) is 4.89 Å². The van der Waals surface area contributed by atoms with Gasteiger partial charge in [0.25, 0.3) is 0 Å². The summed E-state index contributed by atoms with van der Waals surface area (Å²) in [6.45, 7) is 4.87. The molecule has 0 bridgehead atoms. The van der Waals surface area contributed by atoms with E-state index < -0.39 is 23.8 Å². The van der Waals surface area contributed by atoms with Crippen molar-refractivity contribution < 1.29 is 29.2 Å². The number of carbonyl (C=O) groups excluding carboxylic acids is 2. The molecular weight excluding hydrogens is 228 g/mol. The Morgan fingerprint density at radius 2 is 2.06 bits per heavy atom. The van der Waals surface area contributed by atoms with Crippen molar-refractivity contribution >= 4 is 12.3 Å². The minimum Gasteiger partial charge on any atom is -0.455 e. The molecule has 0 saturated heterocycles. The summed E-state index contributed by atoms with van der Waals surface area (Å²) in [4.78, 5) is 25.6. The molecule has 0 rings (SSSR count). The van der Waals surface area contributed by atoms with Crippen molar-refractivity contribution in [2.45, 2.75) is 46.0 Å². The number of ether oxygens (including phenoxy) is 2. The molecule has 0 spiro atoms. The molecular formula is C11H20O6. The molecule has 0 aliphatic carbocycles. The van der Waals surface area contributed by atoms with Gasteiger partial charge in [-0.1, -0.05) is 13.8 Å². The van der Waals surface area contributed by atoms with Gasteiger partial charge in [0.2, 0.25) is 0 Å². The number of esters is 1. The zero-order valence-corrected chi connectivity index (χ0v) is 10.6. The molecule has 0 radical (unpaired) electrons. The van der Waals surface area contributed by atoms with Crippen molar-refractivity contribution in [3.63, 3.8) is 0 Å². The Balaban J connectivity index is 4.31. The van der Waals surface area contributed by atoms with Crippen molar-refractivity contribution in [1.29, 1.82) is 0 Å². The van der Waals surface area contributed by atoms with E-state index in [4.69, 9.17) is 14.7 Å². The van der Waals surface area contributed by atoms with Gasteiger partial charge >= 0.3 is 5.97 Å². The lowest BCUT2D eigenvalue weighted by atomic mass is 9.86. The van der Waals surface area contributed by atoms with Gasteiger partial charge in [-0.2, -0.15) is 0 Å². The Morgan fingerprint density at radius 1 is 1.47 bits per heavy atom. The fraction of sp³-hybridized carbons (Fsp3) is 0.818. The van der Waals surface area contributed by atoms with Crippen LogP contribution in [0.25, 0.3) is 0 Å². The van der Waals surface area contributed by atoms with Crippen LogP contribution in [-0.4, -0.2) is 37.0 Å². The van der Waals surface area contributed by atoms with E-state index in [1.165, 1.54) is 14.0 Å². The third kappa shape index (κ3) is 5.76. The van der Waals surface area contributed by atoms with E-state index in [-0.39, 0.29) is 0 Å². The second-order valence-corrected chi connectivity index (χ2v) is 4.48. The summed E-state index contributed by atoms with van der Waals surface area (Å²) in [6.07, 6.45) is -0.156. The summed E-state index contributed by atoms with van der Waals surface area (Å²) < 4.78 is 9.73. The minimum absolute atomic E-state index is 0.347. The number of aldehydes is 1. The zero-order valence-electron chi connectivity index (χ0n) is 10.6. The Hall–Kier alpha value is -0.980. The highest BCUT2D eigenvalue weighted by molar-refractivity contribution is 5.69. The minimum atomic E-state index is -0.799. The van der Waals surface area contributed by atoms with Crippen molar-refractivity contribution in [2.75, 3.05) is 7.11 Å². The number of carbonyl (C=O) groups is 2. The average molecular weight is 248 g/mol. The summed E-state index contributed by atoms with van der Waals surface area (Å²) in [5, 5.41) is 8.65. The van der Waals surface area contributed by atoms with Crippen molar-refractivity contribution in [3.05, 3.63) is 0 Å². The van der Waals surface area contributed by atoms with Crippen LogP contribution in [0.2, 0.25) is 0 Å².